The Morgan fingerprint density at radius 1 is 1.00 bits per heavy atom. The van der Waals surface area contributed by atoms with Crippen molar-refractivity contribution in [2.24, 2.45) is 0 Å². The number of benzene rings is 1. The Bertz CT molecular complexity index is 781. The van der Waals surface area contributed by atoms with Crippen molar-refractivity contribution in [2.45, 2.75) is 58.3 Å². The number of unbranched alkanes of at least 4 members (excludes halogenated alkanes) is 6. The highest BCUT2D eigenvalue weighted by Gasteiger charge is 2.31. The summed E-state index contributed by atoms with van der Waals surface area (Å²) in [6.07, 6.45) is 7.95. The lowest BCUT2D eigenvalue weighted by atomic mass is 10.1. The normalized spacial score (nSPS) is 13.4. The molecule has 0 radical (unpaired) electrons. The van der Waals surface area contributed by atoms with Gasteiger partial charge in [0.2, 0.25) is 0 Å². The number of carboxylic acids is 1. The fourth-order valence-corrected chi connectivity index (χ4v) is 2.85. The van der Waals surface area contributed by atoms with E-state index in [9.17, 15) is 14.4 Å². The predicted molar refractivity (Wildman–Crippen MR) is 104 cm³/mol. The highest BCUT2D eigenvalue weighted by Crippen LogP contribution is 2.22. The molecule has 0 saturated heterocycles. The van der Waals surface area contributed by atoms with Crippen molar-refractivity contribution < 1.29 is 19.5 Å². The van der Waals surface area contributed by atoms with Crippen LogP contribution in [0.4, 0.5) is 5.69 Å². The standard InChI is InChI=1S/C22H25NO4/c1-17-12-14-19(15-13-17)23-20(24)16-18(22(23)27)10-8-6-4-2-3-5-7-9-11-21(25)26/h12-16H,2-7,9,11H2,1H3,(H,25,26). The first-order valence-electron chi connectivity index (χ1n) is 9.36. The van der Waals surface area contributed by atoms with Crippen LogP contribution in [0.15, 0.2) is 35.9 Å². The lowest BCUT2D eigenvalue weighted by molar-refractivity contribution is -0.137. The maximum atomic E-state index is 12.4. The van der Waals surface area contributed by atoms with Gasteiger partial charge in [0.15, 0.2) is 0 Å². The van der Waals surface area contributed by atoms with E-state index < -0.39 is 5.97 Å². The number of carboxylic acid groups (broad SMARTS) is 1. The van der Waals surface area contributed by atoms with E-state index in [0.29, 0.717) is 12.1 Å². The zero-order valence-corrected chi connectivity index (χ0v) is 15.7. The minimum atomic E-state index is -0.736. The molecule has 0 bridgehead atoms. The van der Waals surface area contributed by atoms with Gasteiger partial charge >= 0.3 is 5.97 Å². The van der Waals surface area contributed by atoms with E-state index >= 15 is 0 Å². The number of imide groups is 1. The summed E-state index contributed by atoms with van der Waals surface area (Å²) in [6, 6.07) is 7.24. The number of amides is 2. The monoisotopic (exact) mass is 367 g/mol. The lowest BCUT2D eigenvalue weighted by Crippen LogP contribution is -2.30. The van der Waals surface area contributed by atoms with E-state index in [1.165, 1.54) is 6.08 Å². The van der Waals surface area contributed by atoms with Crippen molar-refractivity contribution in [3.63, 3.8) is 0 Å². The topological polar surface area (TPSA) is 74.7 Å². The van der Waals surface area contributed by atoms with Crippen molar-refractivity contribution in [3.05, 3.63) is 41.5 Å². The molecule has 142 valence electrons. The molecule has 0 atom stereocenters. The largest absolute Gasteiger partial charge is 0.481 e. The Morgan fingerprint density at radius 3 is 2.30 bits per heavy atom. The second-order valence-electron chi connectivity index (χ2n) is 6.69. The number of aliphatic carboxylic acids is 1. The molecule has 5 heteroatoms. The molecule has 2 amide bonds. The summed E-state index contributed by atoms with van der Waals surface area (Å²) in [7, 11) is 0. The number of aryl methyl sites for hydroxylation is 1. The van der Waals surface area contributed by atoms with Gasteiger partial charge < -0.3 is 5.11 Å². The first-order valence-corrected chi connectivity index (χ1v) is 9.36. The van der Waals surface area contributed by atoms with E-state index in [1.54, 1.807) is 12.1 Å². The van der Waals surface area contributed by atoms with E-state index in [4.69, 9.17) is 5.11 Å². The number of anilines is 1. The number of carbonyl (C=O) groups excluding carboxylic acids is 2. The van der Waals surface area contributed by atoms with Crippen LogP contribution in [-0.4, -0.2) is 22.9 Å². The molecular weight excluding hydrogens is 342 g/mol. The van der Waals surface area contributed by atoms with Gasteiger partial charge in [-0.3, -0.25) is 14.4 Å². The summed E-state index contributed by atoms with van der Waals surface area (Å²) >= 11 is 0. The molecule has 1 aromatic rings. The fourth-order valence-electron chi connectivity index (χ4n) is 2.85. The van der Waals surface area contributed by atoms with Gasteiger partial charge in [-0.2, -0.15) is 0 Å². The predicted octanol–water partition coefficient (Wildman–Crippen LogP) is 4.00. The number of nitrogens with zero attached hydrogens (tertiary/aromatic N) is 1. The van der Waals surface area contributed by atoms with E-state index in [1.807, 2.05) is 19.1 Å². The summed E-state index contributed by atoms with van der Waals surface area (Å²) in [6.45, 7) is 1.95. The van der Waals surface area contributed by atoms with Crippen LogP contribution in [0.3, 0.4) is 0 Å². The van der Waals surface area contributed by atoms with Gasteiger partial charge in [0, 0.05) is 18.9 Å². The third-order valence-electron chi connectivity index (χ3n) is 4.38. The van der Waals surface area contributed by atoms with Crippen LogP contribution in [-0.2, 0) is 14.4 Å². The van der Waals surface area contributed by atoms with Gasteiger partial charge in [-0.15, -0.1) is 0 Å². The van der Waals surface area contributed by atoms with E-state index in [-0.39, 0.29) is 23.8 Å². The zero-order chi connectivity index (χ0) is 19.6. The summed E-state index contributed by atoms with van der Waals surface area (Å²) in [4.78, 5) is 36.1. The van der Waals surface area contributed by atoms with Gasteiger partial charge in [-0.05, 0) is 31.9 Å². The fraction of sp³-hybridized carbons (Fsp3) is 0.409. The lowest BCUT2D eigenvalue weighted by Gasteiger charge is -2.14. The number of carbonyl (C=O) groups is 3. The summed E-state index contributed by atoms with van der Waals surface area (Å²) in [5.41, 5.74) is 1.87. The molecule has 1 aliphatic rings. The number of hydrogen-bond acceptors (Lipinski definition) is 3. The molecule has 2 rings (SSSR count). The van der Waals surface area contributed by atoms with E-state index in [0.717, 1.165) is 49.0 Å². The highest BCUT2D eigenvalue weighted by molar-refractivity contribution is 6.32. The molecule has 5 nitrogen and oxygen atoms in total. The Balaban J connectivity index is 1.71. The summed E-state index contributed by atoms with van der Waals surface area (Å²) in [5.74, 6) is 4.36. The first-order chi connectivity index (χ1) is 13.0. The molecule has 27 heavy (non-hydrogen) atoms. The Hall–Kier alpha value is -2.87. The van der Waals surface area contributed by atoms with Gasteiger partial charge in [0.05, 0.1) is 11.3 Å². The van der Waals surface area contributed by atoms with Crippen molar-refractivity contribution in [2.75, 3.05) is 4.90 Å². The van der Waals surface area contributed by atoms with Crippen LogP contribution in [0, 0.1) is 18.8 Å². The summed E-state index contributed by atoms with van der Waals surface area (Å²) < 4.78 is 0. The third kappa shape index (κ3) is 6.41. The Kier molecular flexibility index (Phi) is 7.81. The second kappa shape index (κ2) is 10.3. The van der Waals surface area contributed by atoms with Crippen LogP contribution < -0.4 is 4.90 Å². The number of hydrogen-bond donors (Lipinski definition) is 1. The maximum Gasteiger partial charge on any atom is 0.303 e. The van der Waals surface area contributed by atoms with Crippen LogP contribution in [0.25, 0.3) is 0 Å². The van der Waals surface area contributed by atoms with Gasteiger partial charge in [-0.25, -0.2) is 4.90 Å². The number of rotatable bonds is 9. The van der Waals surface area contributed by atoms with E-state index in [2.05, 4.69) is 11.8 Å². The van der Waals surface area contributed by atoms with Crippen LogP contribution >= 0.6 is 0 Å². The third-order valence-corrected chi connectivity index (χ3v) is 4.38. The molecule has 0 spiro atoms. The minimum Gasteiger partial charge on any atom is -0.481 e. The van der Waals surface area contributed by atoms with Crippen LogP contribution in [0.1, 0.15) is 56.9 Å². The molecular formula is C22H25NO4. The molecule has 1 N–H and O–H groups in total. The summed E-state index contributed by atoms with van der Waals surface area (Å²) in [5, 5.41) is 8.56. The smallest absolute Gasteiger partial charge is 0.303 e. The first kappa shape index (κ1) is 20.4. The molecule has 1 aromatic carbocycles. The minimum absolute atomic E-state index is 0.243. The van der Waals surface area contributed by atoms with Crippen molar-refractivity contribution in [3.8, 4) is 11.8 Å². The molecule has 0 fully saturated rings. The molecule has 1 heterocycles. The average Bonchev–Trinajstić information content (AvgIpc) is 2.91. The molecule has 0 saturated carbocycles. The Morgan fingerprint density at radius 2 is 1.63 bits per heavy atom. The molecule has 0 unspecified atom stereocenters. The SMILES string of the molecule is Cc1ccc(N2C(=O)C=C(C#CCCCCCCCCC(=O)O)C2=O)cc1. The molecule has 1 aliphatic heterocycles. The van der Waals surface area contributed by atoms with Gasteiger partial charge in [0.25, 0.3) is 11.8 Å². The average molecular weight is 367 g/mol. The molecule has 0 aliphatic carbocycles. The van der Waals surface area contributed by atoms with Crippen molar-refractivity contribution in [1.29, 1.82) is 0 Å². The second-order valence-corrected chi connectivity index (χ2v) is 6.69. The van der Waals surface area contributed by atoms with Crippen molar-refractivity contribution >= 4 is 23.5 Å². The van der Waals surface area contributed by atoms with Crippen molar-refractivity contribution in [1.82, 2.24) is 0 Å². The van der Waals surface area contributed by atoms with Gasteiger partial charge in [-0.1, -0.05) is 55.2 Å². The maximum absolute atomic E-state index is 12.4. The highest BCUT2D eigenvalue weighted by atomic mass is 16.4. The van der Waals surface area contributed by atoms with Gasteiger partial charge in [0.1, 0.15) is 0 Å². The zero-order valence-electron chi connectivity index (χ0n) is 15.7. The van der Waals surface area contributed by atoms with Crippen LogP contribution in [0.2, 0.25) is 0 Å². The molecule has 0 aromatic heterocycles. The van der Waals surface area contributed by atoms with Crippen LogP contribution in [0.5, 0.6) is 0 Å². The quantitative estimate of drug-likeness (QED) is 0.407. The Labute approximate surface area is 160 Å².